The maximum atomic E-state index is 12.3. The van der Waals surface area contributed by atoms with Crippen LogP contribution in [0.2, 0.25) is 0 Å². The van der Waals surface area contributed by atoms with Crippen LogP contribution in [-0.2, 0) is 11.3 Å². The Morgan fingerprint density at radius 3 is 2.61 bits per heavy atom. The Labute approximate surface area is 170 Å². The van der Waals surface area contributed by atoms with Crippen LogP contribution in [0.15, 0.2) is 70.8 Å². The fraction of sp³-hybridized carbons (Fsp3) is 0.227. The summed E-state index contributed by atoms with van der Waals surface area (Å²) >= 11 is 1.73. The Hall–Kier alpha value is -2.70. The Morgan fingerprint density at radius 1 is 1.11 bits per heavy atom. The van der Waals surface area contributed by atoms with Crippen LogP contribution in [0, 0.1) is 13.8 Å². The van der Waals surface area contributed by atoms with Gasteiger partial charge in [0.25, 0.3) is 0 Å². The molecule has 0 aliphatic heterocycles. The molecule has 1 N–H and O–H groups in total. The number of aryl methyl sites for hydroxylation is 2. The molecular formula is C22H24N4OS. The fourth-order valence-corrected chi connectivity index (χ4v) is 3.74. The van der Waals surface area contributed by atoms with Crippen LogP contribution in [0.25, 0.3) is 0 Å². The summed E-state index contributed by atoms with van der Waals surface area (Å²) in [6.45, 7) is 5.08. The predicted octanol–water partition coefficient (Wildman–Crippen LogP) is 4.32. The molecule has 1 heterocycles. The molecule has 0 aliphatic carbocycles. The van der Waals surface area contributed by atoms with Crippen LogP contribution in [0.1, 0.15) is 16.8 Å². The number of carbonyl (C=O) groups is 1. The van der Waals surface area contributed by atoms with Gasteiger partial charge in [-0.1, -0.05) is 23.9 Å². The molecule has 3 rings (SSSR count). The average molecular weight is 393 g/mol. The predicted molar refractivity (Wildman–Crippen MR) is 113 cm³/mol. The molecule has 0 bridgehead atoms. The van der Waals surface area contributed by atoms with Crippen LogP contribution >= 0.6 is 11.8 Å². The zero-order valence-corrected chi connectivity index (χ0v) is 17.2. The number of nitrogens with one attached hydrogen (secondary N) is 1. The summed E-state index contributed by atoms with van der Waals surface area (Å²) in [6.07, 6.45) is 5.00. The first kappa shape index (κ1) is 20.0. The van der Waals surface area contributed by atoms with E-state index in [4.69, 9.17) is 0 Å². The summed E-state index contributed by atoms with van der Waals surface area (Å²) in [5, 5.41) is 2.94. The minimum Gasteiger partial charge on any atom is -0.325 e. The molecule has 0 aliphatic rings. The van der Waals surface area contributed by atoms with Gasteiger partial charge in [-0.05, 0) is 62.4 Å². The van der Waals surface area contributed by atoms with E-state index in [1.807, 2.05) is 36.2 Å². The van der Waals surface area contributed by atoms with Gasteiger partial charge in [0.15, 0.2) is 0 Å². The first-order chi connectivity index (χ1) is 13.5. The van der Waals surface area contributed by atoms with Gasteiger partial charge in [0.05, 0.1) is 12.2 Å². The molecule has 0 saturated carbocycles. The van der Waals surface area contributed by atoms with E-state index in [1.165, 1.54) is 16.0 Å². The van der Waals surface area contributed by atoms with Gasteiger partial charge in [-0.15, -0.1) is 0 Å². The second-order valence-electron chi connectivity index (χ2n) is 6.81. The van der Waals surface area contributed by atoms with Crippen molar-refractivity contribution in [1.29, 1.82) is 0 Å². The molecule has 2 aromatic carbocycles. The first-order valence-electron chi connectivity index (χ1n) is 9.08. The van der Waals surface area contributed by atoms with Crippen LogP contribution in [-0.4, -0.2) is 34.4 Å². The van der Waals surface area contributed by atoms with E-state index in [0.717, 1.165) is 16.3 Å². The van der Waals surface area contributed by atoms with Crippen molar-refractivity contribution in [2.45, 2.75) is 30.2 Å². The van der Waals surface area contributed by atoms with Gasteiger partial charge >= 0.3 is 0 Å². The molecule has 0 fully saturated rings. The fourth-order valence-electron chi connectivity index (χ4n) is 2.74. The summed E-state index contributed by atoms with van der Waals surface area (Å²) < 4.78 is 0. The van der Waals surface area contributed by atoms with Gasteiger partial charge in [-0.3, -0.25) is 19.7 Å². The largest absolute Gasteiger partial charge is 0.325 e. The number of aromatic nitrogens is 2. The van der Waals surface area contributed by atoms with Crippen LogP contribution in [0.3, 0.4) is 0 Å². The molecule has 0 atom stereocenters. The number of benzene rings is 2. The zero-order chi connectivity index (χ0) is 19.9. The number of hydrogen-bond acceptors (Lipinski definition) is 5. The van der Waals surface area contributed by atoms with E-state index in [9.17, 15) is 4.79 Å². The lowest BCUT2D eigenvalue weighted by molar-refractivity contribution is -0.117. The van der Waals surface area contributed by atoms with E-state index in [2.05, 4.69) is 47.3 Å². The van der Waals surface area contributed by atoms with Gasteiger partial charge < -0.3 is 5.32 Å². The highest BCUT2D eigenvalue weighted by Crippen LogP contribution is 2.31. The normalized spacial score (nSPS) is 10.9. The quantitative estimate of drug-likeness (QED) is 0.649. The van der Waals surface area contributed by atoms with Crippen molar-refractivity contribution in [2.75, 3.05) is 18.9 Å². The lowest BCUT2D eigenvalue weighted by atomic mass is 10.2. The highest BCUT2D eigenvalue weighted by molar-refractivity contribution is 7.99. The molecule has 3 aromatic rings. The highest BCUT2D eigenvalue weighted by atomic mass is 32.2. The third kappa shape index (κ3) is 5.90. The van der Waals surface area contributed by atoms with Crippen LogP contribution in [0.5, 0.6) is 0 Å². The Morgan fingerprint density at radius 2 is 1.89 bits per heavy atom. The first-order valence-corrected chi connectivity index (χ1v) is 9.90. The summed E-state index contributed by atoms with van der Waals surface area (Å²) in [7, 11) is 1.89. The number of rotatable bonds is 7. The molecule has 28 heavy (non-hydrogen) atoms. The van der Waals surface area contributed by atoms with Crippen molar-refractivity contribution >= 4 is 23.4 Å². The minimum atomic E-state index is -0.0543. The van der Waals surface area contributed by atoms with Crippen LogP contribution in [0.4, 0.5) is 5.69 Å². The maximum Gasteiger partial charge on any atom is 0.238 e. The Balaban J connectivity index is 1.53. The Kier molecular flexibility index (Phi) is 6.79. The summed E-state index contributed by atoms with van der Waals surface area (Å²) in [5.41, 5.74) is 4.15. The van der Waals surface area contributed by atoms with Crippen molar-refractivity contribution in [3.05, 3.63) is 77.9 Å². The third-order valence-electron chi connectivity index (χ3n) is 4.17. The molecule has 5 nitrogen and oxygen atoms in total. The van der Waals surface area contributed by atoms with Gasteiger partial charge in [0.2, 0.25) is 5.91 Å². The lowest BCUT2D eigenvalue weighted by Gasteiger charge is -2.15. The molecule has 0 saturated heterocycles. The second kappa shape index (κ2) is 9.48. The summed E-state index contributed by atoms with van der Waals surface area (Å²) in [5.74, 6) is -0.0543. The average Bonchev–Trinajstić information content (AvgIpc) is 2.67. The summed E-state index contributed by atoms with van der Waals surface area (Å²) in [4.78, 5) is 24.8. The monoisotopic (exact) mass is 392 g/mol. The number of carbonyl (C=O) groups excluding carboxylic acids is 1. The van der Waals surface area contributed by atoms with Gasteiger partial charge in [-0.2, -0.15) is 0 Å². The molecule has 6 heteroatoms. The van der Waals surface area contributed by atoms with E-state index < -0.39 is 0 Å². The van der Waals surface area contributed by atoms with E-state index in [1.54, 1.807) is 30.4 Å². The minimum absolute atomic E-state index is 0.0543. The molecular weight excluding hydrogens is 368 g/mol. The highest BCUT2D eigenvalue weighted by Gasteiger charge is 2.09. The molecule has 0 radical (unpaired) electrons. The lowest BCUT2D eigenvalue weighted by Crippen LogP contribution is -2.30. The van der Waals surface area contributed by atoms with Crippen molar-refractivity contribution in [2.24, 2.45) is 0 Å². The van der Waals surface area contributed by atoms with E-state index in [0.29, 0.717) is 6.54 Å². The zero-order valence-electron chi connectivity index (χ0n) is 16.3. The third-order valence-corrected chi connectivity index (χ3v) is 5.34. The van der Waals surface area contributed by atoms with Crippen molar-refractivity contribution in [1.82, 2.24) is 14.9 Å². The van der Waals surface area contributed by atoms with Gasteiger partial charge in [0, 0.05) is 40.6 Å². The smallest absolute Gasteiger partial charge is 0.238 e. The topological polar surface area (TPSA) is 58.1 Å². The second-order valence-corrected chi connectivity index (χ2v) is 7.93. The van der Waals surface area contributed by atoms with E-state index >= 15 is 0 Å². The molecule has 1 amide bonds. The van der Waals surface area contributed by atoms with E-state index in [-0.39, 0.29) is 12.5 Å². The van der Waals surface area contributed by atoms with Crippen molar-refractivity contribution in [3.8, 4) is 0 Å². The van der Waals surface area contributed by atoms with Gasteiger partial charge in [0.1, 0.15) is 0 Å². The Bertz CT molecular complexity index is 929. The maximum absolute atomic E-state index is 12.3. The SMILES string of the molecule is Cc1ccc(C)c(Sc2ccc(NC(=O)CN(C)Cc3cnccn3)cc2)c1. The van der Waals surface area contributed by atoms with Gasteiger partial charge in [-0.25, -0.2) is 0 Å². The van der Waals surface area contributed by atoms with Crippen molar-refractivity contribution < 1.29 is 4.79 Å². The number of hydrogen-bond donors (Lipinski definition) is 1. The number of anilines is 1. The molecule has 0 unspecified atom stereocenters. The number of likely N-dealkylation sites (N-methyl/N-ethyl adjacent to an activating group) is 1. The number of amides is 1. The molecule has 144 valence electrons. The molecule has 0 spiro atoms. The number of nitrogens with zero attached hydrogens (tertiary/aromatic N) is 3. The van der Waals surface area contributed by atoms with Crippen molar-refractivity contribution in [3.63, 3.8) is 0 Å². The standard InChI is InChI=1S/C22H24N4OS/c1-16-4-5-17(2)21(12-16)28-20-8-6-18(7-9-20)25-22(27)15-26(3)14-19-13-23-10-11-24-19/h4-13H,14-15H2,1-3H3,(H,25,27). The van der Waals surface area contributed by atoms with Crippen LogP contribution < -0.4 is 5.32 Å². The summed E-state index contributed by atoms with van der Waals surface area (Å²) in [6, 6.07) is 14.4. The molecule has 1 aromatic heterocycles.